The standard InChI is InChI=1S/C28H36N4O4/c1-5-7-8-12-15-23(33)32-17-16-31(19-20(32)3)27(34)25-24(28(35)36-18-6-2)21(4)29-26(30-25)22-13-10-9-11-14-22/h6,9-11,13-14,20H,2,5,7-8,12,15-19H2,1,3-4H3. The fourth-order valence-corrected chi connectivity index (χ4v) is 4.40. The molecule has 2 amide bonds. The number of hydrogen-bond acceptors (Lipinski definition) is 6. The summed E-state index contributed by atoms with van der Waals surface area (Å²) in [4.78, 5) is 51.8. The average Bonchev–Trinajstić information content (AvgIpc) is 2.89. The monoisotopic (exact) mass is 492 g/mol. The van der Waals surface area contributed by atoms with Gasteiger partial charge in [0.25, 0.3) is 5.91 Å². The first-order valence-electron chi connectivity index (χ1n) is 12.7. The number of piperazine rings is 1. The molecule has 1 aromatic heterocycles. The molecule has 2 heterocycles. The van der Waals surface area contributed by atoms with Gasteiger partial charge in [-0.1, -0.05) is 69.2 Å². The van der Waals surface area contributed by atoms with Crippen LogP contribution in [0, 0.1) is 6.92 Å². The molecule has 3 rings (SSSR count). The Morgan fingerprint density at radius 2 is 1.86 bits per heavy atom. The van der Waals surface area contributed by atoms with E-state index in [0.717, 1.165) is 31.2 Å². The highest BCUT2D eigenvalue weighted by molar-refractivity contribution is 6.05. The van der Waals surface area contributed by atoms with Crippen LogP contribution in [-0.4, -0.2) is 69.8 Å². The maximum Gasteiger partial charge on any atom is 0.342 e. The average molecular weight is 493 g/mol. The molecule has 0 bridgehead atoms. The predicted molar refractivity (Wildman–Crippen MR) is 139 cm³/mol. The van der Waals surface area contributed by atoms with Crippen LogP contribution in [0.4, 0.5) is 0 Å². The van der Waals surface area contributed by atoms with Gasteiger partial charge in [0.15, 0.2) is 5.82 Å². The Morgan fingerprint density at radius 3 is 2.53 bits per heavy atom. The zero-order chi connectivity index (χ0) is 26.1. The van der Waals surface area contributed by atoms with Gasteiger partial charge < -0.3 is 14.5 Å². The quantitative estimate of drug-likeness (QED) is 0.277. The van der Waals surface area contributed by atoms with Crippen molar-refractivity contribution in [3.8, 4) is 11.4 Å². The van der Waals surface area contributed by atoms with E-state index in [2.05, 4.69) is 23.5 Å². The molecule has 1 saturated heterocycles. The number of unbranched alkanes of at least 4 members (excludes halogenated alkanes) is 3. The van der Waals surface area contributed by atoms with E-state index in [9.17, 15) is 14.4 Å². The molecule has 8 nitrogen and oxygen atoms in total. The minimum Gasteiger partial charge on any atom is -0.458 e. The minimum atomic E-state index is -0.663. The lowest BCUT2D eigenvalue weighted by molar-refractivity contribution is -0.135. The van der Waals surface area contributed by atoms with Gasteiger partial charge in [-0.2, -0.15) is 0 Å². The van der Waals surface area contributed by atoms with Gasteiger partial charge in [0.2, 0.25) is 5.91 Å². The number of benzene rings is 1. The molecule has 1 atom stereocenters. The first-order chi connectivity index (χ1) is 17.4. The zero-order valence-electron chi connectivity index (χ0n) is 21.5. The molecule has 36 heavy (non-hydrogen) atoms. The van der Waals surface area contributed by atoms with Crippen molar-refractivity contribution in [1.82, 2.24) is 19.8 Å². The Balaban J connectivity index is 1.84. The Bertz CT molecular complexity index is 1090. The van der Waals surface area contributed by atoms with E-state index in [4.69, 9.17) is 4.74 Å². The molecule has 1 aromatic carbocycles. The Hall–Kier alpha value is -3.55. The summed E-state index contributed by atoms with van der Waals surface area (Å²) in [5, 5.41) is 0. The second-order valence-corrected chi connectivity index (χ2v) is 9.11. The van der Waals surface area contributed by atoms with Crippen molar-refractivity contribution in [2.75, 3.05) is 26.2 Å². The van der Waals surface area contributed by atoms with E-state index in [1.807, 2.05) is 42.2 Å². The van der Waals surface area contributed by atoms with Crippen molar-refractivity contribution in [1.29, 1.82) is 0 Å². The molecule has 0 spiro atoms. The van der Waals surface area contributed by atoms with E-state index >= 15 is 0 Å². The number of rotatable bonds is 10. The van der Waals surface area contributed by atoms with Gasteiger partial charge in [-0.15, -0.1) is 0 Å². The normalized spacial score (nSPS) is 15.5. The molecule has 8 heteroatoms. The number of esters is 1. The van der Waals surface area contributed by atoms with Crippen molar-refractivity contribution in [3.05, 3.63) is 59.9 Å². The van der Waals surface area contributed by atoms with Crippen molar-refractivity contribution in [3.63, 3.8) is 0 Å². The summed E-state index contributed by atoms with van der Waals surface area (Å²) in [6.45, 7) is 10.5. The van der Waals surface area contributed by atoms with Crippen LogP contribution in [-0.2, 0) is 9.53 Å². The third-order valence-electron chi connectivity index (χ3n) is 6.34. The maximum absolute atomic E-state index is 13.7. The number of nitrogens with zero attached hydrogens (tertiary/aromatic N) is 4. The van der Waals surface area contributed by atoms with Crippen molar-refractivity contribution >= 4 is 17.8 Å². The summed E-state index contributed by atoms with van der Waals surface area (Å²) in [6.07, 6.45) is 6.19. The summed E-state index contributed by atoms with van der Waals surface area (Å²) in [6, 6.07) is 9.19. The molecule has 0 aliphatic carbocycles. The van der Waals surface area contributed by atoms with Gasteiger partial charge >= 0.3 is 5.97 Å². The number of carbonyl (C=O) groups is 3. The van der Waals surface area contributed by atoms with Gasteiger partial charge in [0.05, 0.1) is 5.69 Å². The van der Waals surface area contributed by atoms with E-state index in [0.29, 0.717) is 37.6 Å². The topological polar surface area (TPSA) is 92.7 Å². The Kier molecular flexibility index (Phi) is 9.73. The van der Waals surface area contributed by atoms with Crippen molar-refractivity contribution in [2.45, 2.75) is 58.9 Å². The summed E-state index contributed by atoms with van der Waals surface area (Å²) in [5.41, 5.74) is 1.19. The molecule has 192 valence electrons. The number of amides is 2. The molecule has 1 unspecified atom stereocenters. The number of aryl methyl sites for hydroxylation is 1. The van der Waals surface area contributed by atoms with Gasteiger partial charge in [0, 0.05) is 37.7 Å². The third-order valence-corrected chi connectivity index (χ3v) is 6.34. The van der Waals surface area contributed by atoms with Crippen molar-refractivity contribution in [2.24, 2.45) is 0 Å². The van der Waals surface area contributed by atoms with Gasteiger partial charge in [-0.25, -0.2) is 14.8 Å². The van der Waals surface area contributed by atoms with E-state index in [-0.39, 0.29) is 35.7 Å². The van der Waals surface area contributed by atoms with Crippen LogP contribution >= 0.6 is 0 Å². The molecule has 0 saturated carbocycles. The summed E-state index contributed by atoms with van der Waals surface area (Å²) in [7, 11) is 0. The van der Waals surface area contributed by atoms with Gasteiger partial charge in [-0.05, 0) is 20.3 Å². The highest BCUT2D eigenvalue weighted by Gasteiger charge is 2.33. The second-order valence-electron chi connectivity index (χ2n) is 9.11. The lowest BCUT2D eigenvalue weighted by atomic mass is 10.1. The smallest absolute Gasteiger partial charge is 0.342 e. The lowest BCUT2D eigenvalue weighted by Gasteiger charge is -2.40. The van der Waals surface area contributed by atoms with Crippen LogP contribution in [0.25, 0.3) is 11.4 Å². The van der Waals surface area contributed by atoms with Gasteiger partial charge in [-0.3, -0.25) is 9.59 Å². The number of hydrogen-bond donors (Lipinski definition) is 0. The fourth-order valence-electron chi connectivity index (χ4n) is 4.40. The number of aromatic nitrogens is 2. The van der Waals surface area contributed by atoms with E-state index < -0.39 is 5.97 Å². The second kappa shape index (κ2) is 13.0. The van der Waals surface area contributed by atoms with Crippen LogP contribution in [0.3, 0.4) is 0 Å². The molecule has 1 aliphatic rings. The number of ether oxygens (including phenoxy) is 1. The first-order valence-corrected chi connectivity index (χ1v) is 12.7. The minimum absolute atomic E-state index is 0.0157. The van der Waals surface area contributed by atoms with Crippen LogP contribution in [0.2, 0.25) is 0 Å². The molecular formula is C28H36N4O4. The number of carbonyl (C=O) groups excluding carboxylic acids is 3. The SMILES string of the molecule is C=CCOC(=O)c1c(C)nc(-c2ccccc2)nc1C(=O)N1CCN(C(=O)CCCCCC)C(C)C1. The molecule has 0 N–H and O–H groups in total. The molecule has 1 aliphatic heterocycles. The van der Waals surface area contributed by atoms with Crippen LogP contribution < -0.4 is 0 Å². The Labute approximate surface area is 213 Å². The molecule has 1 fully saturated rings. The first kappa shape index (κ1) is 27.0. The van der Waals surface area contributed by atoms with Crippen LogP contribution in [0.1, 0.15) is 72.5 Å². The zero-order valence-corrected chi connectivity index (χ0v) is 21.5. The lowest BCUT2D eigenvalue weighted by Crippen LogP contribution is -2.55. The molecular weight excluding hydrogens is 456 g/mol. The predicted octanol–water partition coefficient (Wildman–Crippen LogP) is 4.44. The van der Waals surface area contributed by atoms with Crippen molar-refractivity contribution < 1.29 is 19.1 Å². The Morgan fingerprint density at radius 1 is 1.11 bits per heavy atom. The van der Waals surface area contributed by atoms with Crippen LogP contribution in [0.5, 0.6) is 0 Å². The van der Waals surface area contributed by atoms with E-state index in [1.165, 1.54) is 6.08 Å². The summed E-state index contributed by atoms with van der Waals surface area (Å²) < 4.78 is 5.25. The highest BCUT2D eigenvalue weighted by atomic mass is 16.5. The molecule has 2 aromatic rings. The van der Waals surface area contributed by atoms with E-state index in [1.54, 1.807) is 11.8 Å². The van der Waals surface area contributed by atoms with Crippen LogP contribution in [0.15, 0.2) is 43.0 Å². The summed E-state index contributed by atoms with van der Waals surface area (Å²) >= 11 is 0. The third kappa shape index (κ3) is 6.56. The summed E-state index contributed by atoms with van der Waals surface area (Å²) in [5.74, 6) is -0.538. The highest BCUT2D eigenvalue weighted by Crippen LogP contribution is 2.23. The molecule has 0 radical (unpaired) electrons. The fraction of sp³-hybridized carbons (Fsp3) is 0.464. The maximum atomic E-state index is 13.7. The largest absolute Gasteiger partial charge is 0.458 e. The van der Waals surface area contributed by atoms with Gasteiger partial charge in [0.1, 0.15) is 17.9 Å².